The summed E-state index contributed by atoms with van der Waals surface area (Å²) in [6, 6.07) is 10.7. The van der Waals surface area contributed by atoms with Gasteiger partial charge in [0.05, 0.1) is 0 Å². The van der Waals surface area contributed by atoms with E-state index in [4.69, 9.17) is 0 Å². The van der Waals surface area contributed by atoms with Crippen molar-refractivity contribution in [2.45, 2.75) is 18.3 Å². The summed E-state index contributed by atoms with van der Waals surface area (Å²) < 4.78 is 0. The summed E-state index contributed by atoms with van der Waals surface area (Å²) in [5.41, 5.74) is 1.58. The number of urea groups is 1. The van der Waals surface area contributed by atoms with E-state index in [0.717, 1.165) is 31.1 Å². The van der Waals surface area contributed by atoms with Crippen molar-refractivity contribution >= 4 is 17.8 Å². The zero-order valence-electron chi connectivity index (χ0n) is 11.1. The third-order valence-electron chi connectivity index (χ3n) is 4.12. The number of carbonyl (C=O) groups excluding carboxylic acids is 1. The van der Waals surface area contributed by atoms with Crippen molar-refractivity contribution in [3.8, 4) is 0 Å². The van der Waals surface area contributed by atoms with Crippen LogP contribution < -0.4 is 5.32 Å². The summed E-state index contributed by atoms with van der Waals surface area (Å²) in [7, 11) is 0. The molecule has 0 spiro atoms. The van der Waals surface area contributed by atoms with Crippen LogP contribution in [0, 0.1) is 0 Å². The molecule has 3 nitrogen and oxygen atoms in total. The van der Waals surface area contributed by atoms with Crippen molar-refractivity contribution in [1.82, 2.24) is 10.2 Å². The highest BCUT2D eigenvalue weighted by atomic mass is 32.2. The third-order valence-corrected chi connectivity index (χ3v) is 5.06. The lowest BCUT2D eigenvalue weighted by Crippen LogP contribution is -2.46. The van der Waals surface area contributed by atoms with Crippen LogP contribution >= 0.6 is 11.8 Å². The van der Waals surface area contributed by atoms with Crippen LogP contribution in [0.15, 0.2) is 30.3 Å². The third kappa shape index (κ3) is 2.89. The monoisotopic (exact) mass is 276 g/mol. The van der Waals surface area contributed by atoms with E-state index >= 15 is 0 Å². The summed E-state index contributed by atoms with van der Waals surface area (Å²) >= 11 is 1.93. The van der Waals surface area contributed by atoms with Gasteiger partial charge in [-0.25, -0.2) is 4.79 Å². The quantitative estimate of drug-likeness (QED) is 0.920. The standard InChI is InChI=1S/C15H20N2OS/c18-14(17-8-10-19-11-9-17)16-12-15(6-7-15)13-4-2-1-3-5-13/h1-5H,6-12H2,(H,16,18). The Morgan fingerprint density at radius 2 is 1.89 bits per heavy atom. The lowest BCUT2D eigenvalue weighted by atomic mass is 9.96. The molecule has 1 heterocycles. The molecular weight excluding hydrogens is 256 g/mol. The Bertz CT molecular complexity index is 439. The molecule has 1 aliphatic carbocycles. The number of amides is 2. The lowest BCUT2D eigenvalue weighted by molar-refractivity contribution is 0.202. The Hall–Kier alpha value is -1.16. The van der Waals surface area contributed by atoms with E-state index in [9.17, 15) is 4.79 Å². The minimum absolute atomic E-state index is 0.113. The second kappa shape index (κ2) is 5.45. The largest absolute Gasteiger partial charge is 0.337 e. The molecule has 2 fully saturated rings. The van der Waals surface area contributed by atoms with Gasteiger partial charge in [0.25, 0.3) is 0 Å². The van der Waals surface area contributed by atoms with Crippen molar-refractivity contribution < 1.29 is 4.79 Å². The van der Waals surface area contributed by atoms with Crippen LogP contribution in [0.1, 0.15) is 18.4 Å². The molecule has 1 aliphatic heterocycles. The van der Waals surface area contributed by atoms with E-state index in [-0.39, 0.29) is 11.4 Å². The van der Waals surface area contributed by atoms with Crippen LogP contribution in [0.3, 0.4) is 0 Å². The highest BCUT2D eigenvalue weighted by Crippen LogP contribution is 2.47. The zero-order chi connectivity index (χ0) is 13.1. The number of hydrogen-bond donors (Lipinski definition) is 1. The fourth-order valence-electron chi connectivity index (χ4n) is 2.63. The first-order chi connectivity index (χ1) is 9.30. The van der Waals surface area contributed by atoms with Gasteiger partial charge in [-0.3, -0.25) is 0 Å². The van der Waals surface area contributed by atoms with E-state index in [2.05, 4.69) is 29.6 Å². The first-order valence-corrected chi connectivity index (χ1v) is 8.12. The van der Waals surface area contributed by atoms with Gasteiger partial charge >= 0.3 is 6.03 Å². The maximum absolute atomic E-state index is 12.1. The molecule has 2 aliphatic rings. The number of hydrogen-bond acceptors (Lipinski definition) is 2. The van der Waals surface area contributed by atoms with E-state index in [0.29, 0.717) is 0 Å². The van der Waals surface area contributed by atoms with Crippen LogP contribution in [0.2, 0.25) is 0 Å². The van der Waals surface area contributed by atoms with Crippen molar-refractivity contribution in [2.75, 3.05) is 31.1 Å². The number of thioether (sulfide) groups is 1. The molecule has 3 rings (SSSR count). The van der Waals surface area contributed by atoms with Crippen LogP contribution in [0.25, 0.3) is 0 Å². The maximum atomic E-state index is 12.1. The molecule has 1 saturated carbocycles. The first kappa shape index (κ1) is 12.9. The summed E-state index contributed by atoms with van der Waals surface area (Å²) in [6.45, 7) is 2.54. The van der Waals surface area contributed by atoms with Crippen LogP contribution in [0.4, 0.5) is 4.79 Å². The predicted octanol–water partition coefficient (Wildman–Crippen LogP) is 2.48. The average molecular weight is 276 g/mol. The minimum Gasteiger partial charge on any atom is -0.337 e. The van der Waals surface area contributed by atoms with Gasteiger partial charge in [0, 0.05) is 36.6 Å². The normalized spacial score (nSPS) is 20.9. The molecule has 0 atom stereocenters. The van der Waals surface area contributed by atoms with Gasteiger partial charge in [0.2, 0.25) is 0 Å². The second-order valence-electron chi connectivity index (χ2n) is 5.40. The van der Waals surface area contributed by atoms with Gasteiger partial charge in [0.1, 0.15) is 0 Å². The fraction of sp³-hybridized carbons (Fsp3) is 0.533. The van der Waals surface area contributed by atoms with Crippen LogP contribution in [-0.2, 0) is 5.41 Å². The zero-order valence-corrected chi connectivity index (χ0v) is 11.9. The van der Waals surface area contributed by atoms with Crippen LogP contribution in [-0.4, -0.2) is 42.1 Å². The molecule has 1 aromatic rings. The van der Waals surface area contributed by atoms with Crippen molar-refractivity contribution in [1.29, 1.82) is 0 Å². The highest BCUT2D eigenvalue weighted by Gasteiger charge is 2.44. The number of rotatable bonds is 3. The van der Waals surface area contributed by atoms with Crippen LogP contribution in [0.5, 0.6) is 0 Å². The number of nitrogens with one attached hydrogen (secondary N) is 1. The fourth-order valence-corrected chi connectivity index (χ4v) is 3.54. The Kier molecular flexibility index (Phi) is 3.69. The lowest BCUT2D eigenvalue weighted by Gasteiger charge is -2.27. The Morgan fingerprint density at radius 3 is 2.53 bits per heavy atom. The van der Waals surface area contributed by atoms with Gasteiger partial charge < -0.3 is 10.2 Å². The van der Waals surface area contributed by atoms with Crippen molar-refractivity contribution in [2.24, 2.45) is 0 Å². The maximum Gasteiger partial charge on any atom is 0.317 e. The summed E-state index contributed by atoms with van der Waals surface area (Å²) in [4.78, 5) is 14.1. The molecule has 2 amide bonds. The SMILES string of the molecule is O=C(NCC1(c2ccccc2)CC1)N1CCSCC1. The Morgan fingerprint density at radius 1 is 1.21 bits per heavy atom. The number of nitrogens with zero attached hydrogens (tertiary/aromatic N) is 1. The molecule has 102 valence electrons. The first-order valence-electron chi connectivity index (χ1n) is 6.96. The average Bonchev–Trinajstić information content (AvgIpc) is 3.28. The second-order valence-corrected chi connectivity index (χ2v) is 6.63. The number of carbonyl (C=O) groups is 1. The molecule has 1 N–H and O–H groups in total. The minimum atomic E-state index is 0.113. The van der Waals surface area contributed by atoms with Gasteiger partial charge in [-0.15, -0.1) is 0 Å². The summed E-state index contributed by atoms with van der Waals surface area (Å²) in [5, 5.41) is 3.13. The van der Waals surface area contributed by atoms with Gasteiger partial charge in [-0.2, -0.15) is 11.8 Å². The smallest absolute Gasteiger partial charge is 0.317 e. The Labute approximate surface area is 118 Å². The molecule has 0 aromatic heterocycles. The van der Waals surface area contributed by atoms with Crippen molar-refractivity contribution in [3.05, 3.63) is 35.9 Å². The summed E-state index contributed by atoms with van der Waals surface area (Å²) in [6.07, 6.45) is 2.38. The predicted molar refractivity (Wildman–Crippen MR) is 79.7 cm³/mol. The van der Waals surface area contributed by atoms with E-state index in [1.165, 1.54) is 18.4 Å². The van der Waals surface area contributed by atoms with Gasteiger partial charge in [0.15, 0.2) is 0 Å². The van der Waals surface area contributed by atoms with Gasteiger partial charge in [-0.05, 0) is 18.4 Å². The molecule has 4 heteroatoms. The summed E-state index contributed by atoms with van der Waals surface area (Å²) in [5.74, 6) is 2.13. The van der Waals surface area contributed by atoms with E-state index < -0.39 is 0 Å². The topological polar surface area (TPSA) is 32.3 Å². The molecule has 1 aromatic carbocycles. The molecular formula is C15H20N2OS. The number of benzene rings is 1. The van der Waals surface area contributed by atoms with E-state index in [1.54, 1.807) is 0 Å². The molecule has 0 radical (unpaired) electrons. The molecule has 1 saturated heterocycles. The van der Waals surface area contributed by atoms with Gasteiger partial charge in [-0.1, -0.05) is 30.3 Å². The van der Waals surface area contributed by atoms with Crippen molar-refractivity contribution in [3.63, 3.8) is 0 Å². The molecule has 0 bridgehead atoms. The highest BCUT2D eigenvalue weighted by molar-refractivity contribution is 7.99. The van der Waals surface area contributed by atoms with E-state index in [1.807, 2.05) is 22.7 Å². The molecule has 19 heavy (non-hydrogen) atoms. The molecule has 0 unspecified atom stereocenters. The Balaban J connectivity index is 1.56.